The van der Waals surface area contributed by atoms with Crippen molar-refractivity contribution in [3.63, 3.8) is 0 Å². The minimum atomic E-state index is -0.550. The van der Waals surface area contributed by atoms with Gasteiger partial charge in [-0.25, -0.2) is 9.18 Å². The van der Waals surface area contributed by atoms with Gasteiger partial charge in [0.25, 0.3) is 0 Å². The lowest BCUT2D eigenvalue weighted by Gasteiger charge is -2.35. The Balaban J connectivity index is 1.11. The number of piperidine rings is 1. The number of carbonyl (C=O) groups excluding carboxylic acids is 1. The molecule has 3 aromatic carbocycles. The fraction of sp³-hybridized carbons (Fsp3) is 0.189. The van der Waals surface area contributed by atoms with Crippen molar-refractivity contribution in [1.82, 2.24) is 30.8 Å². The predicted octanol–water partition coefficient (Wildman–Crippen LogP) is 7.81. The zero-order valence-corrected chi connectivity index (χ0v) is 28.6. The molecule has 11 nitrogen and oxygen atoms in total. The summed E-state index contributed by atoms with van der Waals surface area (Å²) in [5.74, 6) is -0.550. The topological polar surface area (TPSA) is 130 Å². The Bertz CT molecular complexity index is 2120. The van der Waals surface area contributed by atoms with Crippen LogP contribution in [0, 0.1) is 17.1 Å². The molecule has 0 radical (unpaired) electrons. The standard InChI is InChI=1S/C37H32Cl2FN9O2/c38-30-16-26(8-9-32(30)40)44-34-25(18-41)20-43-36-29(34)15-27(17-31(36)39)45-35(24-7-4-12-42-19-24)33-21-49(47-46-33)28-10-13-48(14-11-28)37(50)51-22-23-5-2-1-3-6-23/h1-9,12,15-17,19-21,28,35,45-47H,10-11,13-14,22H2,(H,43,44). The van der Waals surface area contributed by atoms with E-state index in [1.807, 2.05) is 59.7 Å². The van der Waals surface area contributed by atoms with Crippen LogP contribution in [0.5, 0.6) is 0 Å². The molecule has 1 fully saturated rings. The number of carbonyl (C=O) groups is 1. The lowest BCUT2D eigenvalue weighted by molar-refractivity contribution is 0.0681. The number of pyridine rings is 2. The number of aromatic nitrogens is 2. The third-order valence-electron chi connectivity index (χ3n) is 8.80. The summed E-state index contributed by atoms with van der Waals surface area (Å²) in [5, 5.41) is 19.7. The molecule has 2 aromatic heterocycles. The van der Waals surface area contributed by atoms with E-state index in [0.717, 1.165) is 29.7 Å². The summed E-state index contributed by atoms with van der Waals surface area (Å²) >= 11 is 12.8. The fourth-order valence-corrected chi connectivity index (χ4v) is 6.61. The quantitative estimate of drug-likeness (QED) is 0.119. The number of fused-ring (bicyclic) bond motifs is 1. The highest BCUT2D eigenvalue weighted by molar-refractivity contribution is 6.36. The molecule has 258 valence electrons. The monoisotopic (exact) mass is 723 g/mol. The first-order valence-corrected chi connectivity index (χ1v) is 17.0. The van der Waals surface area contributed by atoms with Gasteiger partial charge >= 0.3 is 6.09 Å². The molecule has 1 unspecified atom stereocenters. The van der Waals surface area contributed by atoms with E-state index in [-0.39, 0.29) is 29.3 Å². The van der Waals surface area contributed by atoms with Crippen LogP contribution in [0.2, 0.25) is 10.0 Å². The summed E-state index contributed by atoms with van der Waals surface area (Å²) in [4.78, 5) is 23.3. The minimum Gasteiger partial charge on any atom is -0.445 e. The second-order valence-corrected chi connectivity index (χ2v) is 12.9. The van der Waals surface area contributed by atoms with Crippen molar-refractivity contribution in [3.8, 4) is 6.07 Å². The molecule has 0 bridgehead atoms. The molecule has 0 spiro atoms. The first-order chi connectivity index (χ1) is 24.9. The maximum Gasteiger partial charge on any atom is 0.410 e. The zero-order chi connectivity index (χ0) is 35.3. The molecular formula is C37H32Cl2FN9O2. The van der Waals surface area contributed by atoms with Gasteiger partial charge in [-0.2, -0.15) is 5.26 Å². The number of hydrazine groups is 2. The first kappa shape index (κ1) is 33.9. The molecule has 7 rings (SSSR count). The minimum absolute atomic E-state index is 0.0524. The van der Waals surface area contributed by atoms with Crippen LogP contribution < -0.4 is 21.6 Å². The molecule has 0 saturated carbocycles. The summed E-state index contributed by atoms with van der Waals surface area (Å²) in [6.45, 7) is 1.38. The number of ether oxygens (including phenoxy) is 1. The normalized spacial score (nSPS) is 15.1. The Hall–Kier alpha value is -5.61. The van der Waals surface area contributed by atoms with Crippen LogP contribution in [-0.2, 0) is 11.3 Å². The van der Waals surface area contributed by atoms with Crippen molar-refractivity contribution < 1.29 is 13.9 Å². The van der Waals surface area contributed by atoms with E-state index in [2.05, 4.69) is 37.6 Å². The summed E-state index contributed by atoms with van der Waals surface area (Å²) < 4.78 is 19.4. The average molecular weight is 725 g/mol. The van der Waals surface area contributed by atoms with Crippen LogP contribution in [0.25, 0.3) is 10.9 Å². The average Bonchev–Trinajstić information content (AvgIpc) is 3.65. The third kappa shape index (κ3) is 7.61. The van der Waals surface area contributed by atoms with Gasteiger partial charge in [0.05, 0.1) is 38.6 Å². The maximum absolute atomic E-state index is 13.9. The SMILES string of the molecule is N#Cc1cnc2c(Cl)cc(NC(C3=CN(C4CCN(C(=O)OCc5ccccc5)CC4)NN3)c3cccnc3)cc2c1Nc1ccc(F)c(Cl)c1. The number of nitrogens with zero attached hydrogens (tertiary/aromatic N) is 5. The van der Waals surface area contributed by atoms with Crippen LogP contribution in [0.4, 0.5) is 26.2 Å². The number of nitrogens with one attached hydrogen (secondary N) is 4. The summed E-state index contributed by atoms with van der Waals surface area (Å²) in [6.07, 6.45) is 8.13. The van der Waals surface area contributed by atoms with Crippen LogP contribution >= 0.6 is 23.2 Å². The maximum atomic E-state index is 13.9. The molecule has 51 heavy (non-hydrogen) atoms. The van der Waals surface area contributed by atoms with E-state index >= 15 is 0 Å². The molecule has 4 heterocycles. The Morgan fingerprint density at radius 1 is 1.04 bits per heavy atom. The largest absolute Gasteiger partial charge is 0.445 e. The molecule has 1 amide bonds. The molecule has 0 aliphatic carbocycles. The molecule has 1 atom stereocenters. The van der Waals surface area contributed by atoms with Gasteiger partial charge in [-0.15, -0.1) is 5.53 Å². The second-order valence-electron chi connectivity index (χ2n) is 12.1. The van der Waals surface area contributed by atoms with Gasteiger partial charge in [-0.3, -0.25) is 15.0 Å². The molecule has 5 aromatic rings. The molecule has 2 aliphatic heterocycles. The molecular weight excluding hydrogens is 692 g/mol. The van der Waals surface area contributed by atoms with Crippen LogP contribution in [0.15, 0.2) is 103 Å². The third-order valence-corrected chi connectivity index (χ3v) is 9.38. The van der Waals surface area contributed by atoms with Gasteiger partial charge in [0.1, 0.15) is 18.5 Å². The highest BCUT2D eigenvalue weighted by Crippen LogP contribution is 2.37. The molecule has 2 aliphatic rings. The highest BCUT2D eigenvalue weighted by Gasteiger charge is 2.31. The smallest absolute Gasteiger partial charge is 0.410 e. The zero-order valence-electron chi connectivity index (χ0n) is 27.1. The number of nitriles is 1. The Labute approximate surface area is 303 Å². The Morgan fingerprint density at radius 3 is 2.59 bits per heavy atom. The van der Waals surface area contributed by atoms with E-state index in [1.54, 1.807) is 23.4 Å². The van der Waals surface area contributed by atoms with Gasteiger partial charge in [-0.1, -0.05) is 59.6 Å². The first-order valence-electron chi connectivity index (χ1n) is 16.2. The summed E-state index contributed by atoms with van der Waals surface area (Å²) in [5.41, 5.74) is 11.6. The number of likely N-dealkylation sites (tertiary alicyclic amines) is 1. The van der Waals surface area contributed by atoms with Gasteiger partial charge in [-0.05, 0) is 60.4 Å². The Kier molecular flexibility index (Phi) is 10.0. The van der Waals surface area contributed by atoms with Crippen LogP contribution in [-0.4, -0.2) is 45.1 Å². The number of anilines is 3. The van der Waals surface area contributed by atoms with Crippen molar-refractivity contribution in [2.45, 2.75) is 31.5 Å². The molecule has 4 N–H and O–H groups in total. The van der Waals surface area contributed by atoms with Gasteiger partial charge in [0.15, 0.2) is 0 Å². The van der Waals surface area contributed by atoms with Gasteiger partial charge in [0.2, 0.25) is 0 Å². The number of hydrogen-bond donors (Lipinski definition) is 4. The van der Waals surface area contributed by atoms with Crippen molar-refractivity contribution in [2.75, 3.05) is 23.7 Å². The van der Waals surface area contributed by atoms with E-state index in [4.69, 9.17) is 27.9 Å². The van der Waals surface area contributed by atoms with E-state index < -0.39 is 11.9 Å². The highest BCUT2D eigenvalue weighted by atomic mass is 35.5. The van der Waals surface area contributed by atoms with E-state index in [9.17, 15) is 14.4 Å². The number of benzene rings is 3. The number of rotatable bonds is 9. The fourth-order valence-electron chi connectivity index (χ4n) is 6.16. The van der Waals surface area contributed by atoms with Gasteiger partial charge in [0, 0.05) is 60.7 Å². The number of halogens is 3. The predicted molar refractivity (Wildman–Crippen MR) is 194 cm³/mol. The second kappa shape index (κ2) is 15.1. The van der Waals surface area contributed by atoms with Crippen molar-refractivity contribution >= 4 is 57.3 Å². The van der Waals surface area contributed by atoms with E-state index in [0.29, 0.717) is 46.1 Å². The van der Waals surface area contributed by atoms with Crippen molar-refractivity contribution in [1.29, 1.82) is 5.26 Å². The summed E-state index contributed by atoms with van der Waals surface area (Å²) in [7, 11) is 0. The van der Waals surface area contributed by atoms with E-state index in [1.165, 1.54) is 24.4 Å². The van der Waals surface area contributed by atoms with Crippen molar-refractivity contribution in [2.24, 2.45) is 0 Å². The van der Waals surface area contributed by atoms with Crippen LogP contribution in [0.1, 0.15) is 35.6 Å². The van der Waals surface area contributed by atoms with Crippen molar-refractivity contribution in [3.05, 3.63) is 136 Å². The molecule has 14 heteroatoms. The number of amides is 1. The Morgan fingerprint density at radius 2 is 1.84 bits per heavy atom. The molecule has 1 saturated heterocycles. The lowest BCUT2D eigenvalue weighted by atomic mass is 10.0. The van der Waals surface area contributed by atoms with Gasteiger partial charge < -0.3 is 25.7 Å². The van der Waals surface area contributed by atoms with Crippen LogP contribution in [0.3, 0.4) is 0 Å². The lowest BCUT2D eigenvalue weighted by Crippen LogP contribution is -2.49. The summed E-state index contributed by atoms with van der Waals surface area (Å²) in [6, 6.07) is 23.3. The number of hydrogen-bond acceptors (Lipinski definition) is 10.